The highest BCUT2D eigenvalue weighted by Crippen LogP contribution is 2.45. The van der Waals surface area contributed by atoms with Crippen molar-refractivity contribution in [3.05, 3.63) is 47.8 Å². The third-order valence-electron chi connectivity index (χ3n) is 8.79. The van der Waals surface area contributed by atoms with Gasteiger partial charge in [-0.25, -0.2) is 18.8 Å². The highest BCUT2D eigenvalue weighted by atomic mass is 19.1. The van der Waals surface area contributed by atoms with E-state index in [1.165, 1.54) is 17.0 Å². The zero-order valence-corrected chi connectivity index (χ0v) is 23.9. The van der Waals surface area contributed by atoms with Gasteiger partial charge in [0.25, 0.3) is 0 Å². The molecule has 13 heteroatoms. The molecule has 5 atom stereocenters. The summed E-state index contributed by atoms with van der Waals surface area (Å²) in [5, 5.41) is 12.5. The average molecular weight is 588 g/mol. The molecule has 0 bridgehead atoms. The number of hydrogen-bond donors (Lipinski definition) is 3. The predicted octanol–water partition coefficient (Wildman–Crippen LogP) is 2.24. The van der Waals surface area contributed by atoms with Crippen LogP contribution in [-0.2, 0) is 32.3 Å². The molecule has 1 aromatic carbocycles. The van der Waals surface area contributed by atoms with Crippen molar-refractivity contribution in [2.45, 2.75) is 69.9 Å². The van der Waals surface area contributed by atoms with E-state index in [1.807, 2.05) is 18.7 Å². The number of carboxylic acids is 1. The molecule has 3 aliphatic heterocycles. The van der Waals surface area contributed by atoms with Crippen LogP contribution < -0.4 is 10.8 Å². The Morgan fingerprint density at radius 1 is 1.19 bits per heavy atom. The van der Waals surface area contributed by atoms with E-state index < -0.39 is 41.7 Å². The Hall–Kier alpha value is -3.71. The van der Waals surface area contributed by atoms with Crippen LogP contribution in [0.15, 0.2) is 30.9 Å². The lowest BCUT2D eigenvalue weighted by atomic mass is 10.0. The number of hydroxylamine groups is 1. The number of likely N-dealkylation sites (tertiary alicyclic amines) is 2. The predicted molar refractivity (Wildman–Crippen MR) is 147 cm³/mol. The zero-order chi connectivity index (χ0) is 30.2. The van der Waals surface area contributed by atoms with E-state index in [1.54, 1.807) is 17.0 Å². The number of halogens is 1. The van der Waals surface area contributed by atoms with Crippen LogP contribution in [0, 0.1) is 17.7 Å². The molecule has 228 valence electrons. The quantitative estimate of drug-likeness (QED) is 0.278. The average Bonchev–Trinajstić information content (AvgIpc) is 3.23. The number of benzene rings is 1. The normalized spacial score (nSPS) is 27.2. The first-order valence-electron chi connectivity index (χ1n) is 14.4. The molecular weight excluding hydrogens is 549 g/mol. The largest absolute Gasteiger partial charge is 0.479 e. The van der Waals surface area contributed by atoms with Crippen LogP contribution in [0.3, 0.4) is 0 Å². The molecule has 3 amide bonds. The van der Waals surface area contributed by atoms with E-state index >= 15 is 0 Å². The van der Waals surface area contributed by atoms with Crippen LogP contribution in [0.25, 0.3) is 0 Å². The molecular formula is C29H38FN5O7. The molecule has 2 saturated heterocycles. The second-order valence-electron chi connectivity index (χ2n) is 11.9. The van der Waals surface area contributed by atoms with Gasteiger partial charge >= 0.3 is 18.2 Å². The monoisotopic (exact) mass is 587 g/mol. The SMILES string of the molecule is C=C[C@@H]1CC1(NC(=O)[C@@H]1C[C@@H](OC(=O)N2Cc3cccc(F)c3C2)CN1CC(NOC(=O)N1CCC1)C(C)C)C(=O)O. The van der Waals surface area contributed by atoms with Gasteiger partial charge in [0.05, 0.1) is 18.6 Å². The Balaban J connectivity index is 1.27. The Morgan fingerprint density at radius 2 is 1.95 bits per heavy atom. The Kier molecular flexibility index (Phi) is 8.42. The van der Waals surface area contributed by atoms with Crippen molar-refractivity contribution >= 4 is 24.1 Å². The fourth-order valence-corrected chi connectivity index (χ4v) is 5.79. The summed E-state index contributed by atoms with van der Waals surface area (Å²) in [6.07, 6.45) is 1.08. The van der Waals surface area contributed by atoms with E-state index in [0.29, 0.717) is 18.7 Å². The second-order valence-corrected chi connectivity index (χ2v) is 11.9. The number of hydrogen-bond acceptors (Lipinski definition) is 8. The van der Waals surface area contributed by atoms with Crippen molar-refractivity contribution in [3.63, 3.8) is 0 Å². The van der Waals surface area contributed by atoms with Gasteiger partial charge in [0.1, 0.15) is 17.5 Å². The van der Waals surface area contributed by atoms with E-state index in [9.17, 15) is 28.7 Å². The van der Waals surface area contributed by atoms with E-state index in [0.717, 1.165) is 12.0 Å². The van der Waals surface area contributed by atoms with Crippen molar-refractivity contribution in [3.8, 4) is 0 Å². The van der Waals surface area contributed by atoms with Gasteiger partial charge in [-0.2, -0.15) is 0 Å². The van der Waals surface area contributed by atoms with Crippen molar-refractivity contribution in [2.24, 2.45) is 11.8 Å². The van der Waals surface area contributed by atoms with Gasteiger partial charge < -0.3 is 24.9 Å². The molecule has 1 aromatic rings. The summed E-state index contributed by atoms with van der Waals surface area (Å²) in [6, 6.07) is 3.55. The van der Waals surface area contributed by atoms with Crippen LogP contribution in [0.1, 0.15) is 44.2 Å². The molecule has 0 aromatic heterocycles. The number of amides is 3. The van der Waals surface area contributed by atoms with Gasteiger partial charge in [-0.3, -0.25) is 14.6 Å². The lowest BCUT2D eigenvalue weighted by molar-refractivity contribution is -0.144. The maximum Gasteiger partial charge on any atom is 0.428 e. The third kappa shape index (κ3) is 5.93. The maximum atomic E-state index is 14.2. The molecule has 5 rings (SSSR count). The summed E-state index contributed by atoms with van der Waals surface area (Å²) in [4.78, 5) is 61.0. The smallest absolute Gasteiger partial charge is 0.428 e. The molecule has 3 fully saturated rings. The third-order valence-corrected chi connectivity index (χ3v) is 8.79. The number of aliphatic carboxylic acids is 1. The number of carbonyl (C=O) groups excluding carboxylic acids is 3. The van der Waals surface area contributed by atoms with Crippen molar-refractivity contribution in [2.75, 3.05) is 26.2 Å². The molecule has 4 aliphatic rings. The lowest BCUT2D eigenvalue weighted by Gasteiger charge is -2.33. The van der Waals surface area contributed by atoms with Gasteiger partial charge in [-0.05, 0) is 30.4 Å². The molecule has 1 aliphatic carbocycles. The summed E-state index contributed by atoms with van der Waals surface area (Å²) >= 11 is 0. The number of ether oxygens (including phenoxy) is 1. The van der Waals surface area contributed by atoms with Crippen LogP contribution in [-0.4, -0.2) is 93.8 Å². The summed E-state index contributed by atoms with van der Waals surface area (Å²) in [5.74, 6) is -2.38. The molecule has 1 saturated carbocycles. The number of nitrogens with one attached hydrogen (secondary N) is 2. The maximum absolute atomic E-state index is 14.2. The van der Waals surface area contributed by atoms with Crippen molar-refractivity contribution in [1.82, 2.24) is 25.5 Å². The molecule has 42 heavy (non-hydrogen) atoms. The number of fused-ring (bicyclic) bond motifs is 1. The summed E-state index contributed by atoms with van der Waals surface area (Å²) in [5.41, 5.74) is 2.61. The Morgan fingerprint density at radius 3 is 2.55 bits per heavy atom. The standard InChI is InChI=1S/C29H38FN5O7/c1-4-19-12-29(19,26(37)38)31-25(36)24-11-20(41-27(39)35-13-18-7-5-8-22(30)21(18)15-35)14-34(24)16-23(17(2)3)32-42-28(40)33-9-6-10-33/h4-5,7-8,17,19-20,23-24,32H,1,6,9-16H2,2-3H3,(H,31,36)(H,37,38)/t19-,20-,23?,24+,29?/m1/s1. The molecule has 2 unspecified atom stereocenters. The number of nitrogens with zero attached hydrogens (tertiary/aromatic N) is 3. The van der Waals surface area contributed by atoms with E-state index in [4.69, 9.17) is 9.57 Å². The van der Waals surface area contributed by atoms with Crippen LogP contribution in [0.2, 0.25) is 0 Å². The van der Waals surface area contributed by atoms with Gasteiger partial charge in [-0.15, -0.1) is 12.1 Å². The number of carboxylic acid groups (broad SMARTS) is 1. The van der Waals surface area contributed by atoms with Crippen LogP contribution in [0.4, 0.5) is 14.0 Å². The number of carbonyl (C=O) groups is 4. The van der Waals surface area contributed by atoms with Crippen molar-refractivity contribution in [1.29, 1.82) is 0 Å². The minimum Gasteiger partial charge on any atom is -0.479 e. The van der Waals surface area contributed by atoms with Gasteiger partial charge in [0, 0.05) is 50.6 Å². The minimum absolute atomic E-state index is 0.00329. The van der Waals surface area contributed by atoms with E-state index in [2.05, 4.69) is 17.4 Å². The summed E-state index contributed by atoms with van der Waals surface area (Å²) in [7, 11) is 0. The van der Waals surface area contributed by atoms with Gasteiger partial charge in [0.2, 0.25) is 5.91 Å². The highest BCUT2D eigenvalue weighted by Gasteiger charge is 2.61. The topological polar surface area (TPSA) is 141 Å². The van der Waals surface area contributed by atoms with Crippen LogP contribution >= 0.6 is 0 Å². The molecule has 3 N–H and O–H groups in total. The fraction of sp³-hybridized carbons (Fsp3) is 0.586. The first-order chi connectivity index (χ1) is 20.0. The summed E-state index contributed by atoms with van der Waals surface area (Å²) < 4.78 is 20.0. The highest BCUT2D eigenvalue weighted by molar-refractivity contribution is 5.93. The molecule has 0 radical (unpaired) electrons. The first-order valence-corrected chi connectivity index (χ1v) is 14.4. The number of rotatable bonds is 10. The Labute approximate surface area is 243 Å². The summed E-state index contributed by atoms with van der Waals surface area (Å²) in [6.45, 7) is 9.62. The Bertz CT molecular complexity index is 1260. The van der Waals surface area contributed by atoms with Crippen LogP contribution in [0.5, 0.6) is 0 Å². The zero-order valence-electron chi connectivity index (χ0n) is 23.9. The second kappa shape index (κ2) is 11.9. The van der Waals surface area contributed by atoms with Crippen molar-refractivity contribution < 1.29 is 38.2 Å². The minimum atomic E-state index is -1.41. The molecule has 0 spiro atoms. The molecule has 12 nitrogen and oxygen atoms in total. The lowest BCUT2D eigenvalue weighted by Crippen LogP contribution is -2.55. The molecule has 3 heterocycles. The van der Waals surface area contributed by atoms with Gasteiger partial charge in [-0.1, -0.05) is 32.1 Å². The van der Waals surface area contributed by atoms with Gasteiger partial charge in [0.15, 0.2) is 0 Å². The van der Waals surface area contributed by atoms with E-state index in [-0.39, 0.29) is 62.7 Å². The fourth-order valence-electron chi connectivity index (χ4n) is 5.79. The first kappa shape index (κ1) is 29.8.